The summed E-state index contributed by atoms with van der Waals surface area (Å²) in [7, 11) is 0. The fourth-order valence-electron chi connectivity index (χ4n) is 5.23. The van der Waals surface area contributed by atoms with Gasteiger partial charge >= 0.3 is 0 Å². The second-order valence-electron chi connectivity index (χ2n) is 10.4. The summed E-state index contributed by atoms with van der Waals surface area (Å²) in [4.78, 5) is 5.27. The Morgan fingerprint density at radius 3 is 1.15 bits per heavy atom. The molecule has 0 N–H and O–H groups in total. The first-order chi connectivity index (χ1) is 19.5. The number of thiophene rings is 4. The van der Waals surface area contributed by atoms with Crippen LogP contribution in [-0.4, -0.2) is 0 Å². The molecule has 0 saturated heterocycles. The Morgan fingerprint density at radius 2 is 0.750 bits per heavy atom. The molecule has 0 bridgehead atoms. The number of fused-ring (bicyclic) bond motifs is 4. The third-order valence-electron chi connectivity index (χ3n) is 7.43. The van der Waals surface area contributed by atoms with Gasteiger partial charge in [0.05, 0.1) is 0 Å². The quantitative estimate of drug-likeness (QED) is 0.193. The molecule has 4 heterocycles. The maximum Gasteiger partial charge on any atom is 0.0356 e. The predicted octanol–water partition coefficient (Wildman–Crippen LogP) is 12.7. The van der Waals surface area contributed by atoms with Crippen LogP contribution in [0.4, 0.5) is 0 Å². The van der Waals surface area contributed by atoms with Crippen LogP contribution in [0.3, 0.4) is 0 Å². The smallest absolute Gasteiger partial charge is 0.0356 e. The van der Waals surface area contributed by atoms with Crippen molar-refractivity contribution in [2.45, 2.75) is 13.8 Å². The van der Waals surface area contributed by atoms with Gasteiger partial charge in [-0.2, -0.15) is 0 Å². The van der Waals surface area contributed by atoms with Crippen LogP contribution in [0.25, 0.3) is 73.4 Å². The molecule has 0 aliphatic rings. The Balaban J connectivity index is 1.07. The zero-order valence-corrected chi connectivity index (χ0v) is 25.3. The topological polar surface area (TPSA) is 0 Å². The second-order valence-corrected chi connectivity index (χ2v) is 14.8. The molecule has 0 amide bonds. The normalized spacial score (nSPS) is 12.2. The minimum atomic E-state index is 1.30. The Morgan fingerprint density at radius 1 is 0.400 bits per heavy atom. The lowest BCUT2D eigenvalue weighted by Gasteiger charge is -1.96. The van der Waals surface area contributed by atoms with E-state index in [4.69, 9.17) is 0 Å². The van der Waals surface area contributed by atoms with Gasteiger partial charge in [-0.15, -0.1) is 45.3 Å². The lowest BCUT2D eigenvalue weighted by molar-refractivity contribution is 1.48. The van der Waals surface area contributed by atoms with E-state index in [-0.39, 0.29) is 0 Å². The van der Waals surface area contributed by atoms with Crippen molar-refractivity contribution in [2.24, 2.45) is 0 Å². The largest absolute Gasteiger partial charge is 0.136 e. The number of rotatable bonds is 4. The highest BCUT2D eigenvalue weighted by Crippen LogP contribution is 2.40. The molecule has 4 heteroatoms. The van der Waals surface area contributed by atoms with E-state index in [0.29, 0.717) is 0 Å². The Labute approximate surface area is 249 Å². The lowest BCUT2D eigenvalue weighted by atomic mass is 10.1. The summed E-state index contributed by atoms with van der Waals surface area (Å²) in [5.74, 6) is 0. The molecule has 0 saturated carbocycles. The maximum absolute atomic E-state index is 2.36. The van der Waals surface area contributed by atoms with Crippen LogP contribution in [-0.2, 0) is 0 Å². The molecule has 192 valence electrons. The van der Waals surface area contributed by atoms with Gasteiger partial charge in [-0.1, -0.05) is 59.7 Å². The lowest BCUT2D eigenvalue weighted by Crippen LogP contribution is -1.72. The number of hydrogen-bond acceptors (Lipinski definition) is 4. The van der Waals surface area contributed by atoms with Gasteiger partial charge in [0.1, 0.15) is 0 Å². The summed E-state index contributed by atoms with van der Waals surface area (Å²) in [6.07, 6.45) is 4.55. The third kappa shape index (κ3) is 4.42. The van der Waals surface area contributed by atoms with Crippen LogP contribution < -0.4 is 0 Å². The molecule has 8 aromatic rings. The molecular weight excluding hydrogens is 561 g/mol. The van der Waals surface area contributed by atoms with Crippen molar-refractivity contribution in [3.8, 4) is 20.9 Å². The van der Waals surface area contributed by atoms with Crippen LogP contribution in [0.1, 0.15) is 20.9 Å². The van der Waals surface area contributed by atoms with Gasteiger partial charge < -0.3 is 0 Å². The molecule has 0 spiro atoms. The first kappa shape index (κ1) is 24.3. The van der Waals surface area contributed by atoms with Crippen LogP contribution in [0, 0.1) is 13.8 Å². The van der Waals surface area contributed by atoms with E-state index in [1.54, 1.807) is 0 Å². The number of benzene rings is 4. The average molecular weight is 585 g/mol. The summed E-state index contributed by atoms with van der Waals surface area (Å²) in [5, 5.41) is 5.33. The molecule has 4 aromatic carbocycles. The van der Waals surface area contributed by atoms with E-state index < -0.39 is 0 Å². The van der Waals surface area contributed by atoms with Crippen LogP contribution >= 0.6 is 45.3 Å². The van der Waals surface area contributed by atoms with Crippen molar-refractivity contribution in [1.82, 2.24) is 0 Å². The minimum absolute atomic E-state index is 1.30. The second kappa shape index (κ2) is 9.53. The van der Waals surface area contributed by atoms with Crippen molar-refractivity contribution < 1.29 is 0 Å². The van der Waals surface area contributed by atoms with Gasteiger partial charge in [-0.3, -0.25) is 0 Å². The Hall–Kier alpha value is -3.54. The molecule has 0 radical (unpaired) electrons. The minimum Gasteiger partial charge on any atom is -0.136 e. The highest BCUT2D eigenvalue weighted by atomic mass is 32.1. The number of hydrogen-bond donors (Lipinski definition) is 0. The fourth-order valence-corrected chi connectivity index (χ4v) is 9.43. The molecule has 8 rings (SSSR count). The summed E-state index contributed by atoms with van der Waals surface area (Å²) in [5.41, 5.74) is 5.20. The highest BCUT2D eigenvalue weighted by molar-refractivity contribution is 7.23. The molecule has 4 aromatic heterocycles. The van der Waals surface area contributed by atoms with Gasteiger partial charge in [0, 0.05) is 38.3 Å². The first-order valence-electron chi connectivity index (χ1n) is 13.3. The molecule has 0 aliphatic heterocycles. The van der Waals surface area contributed by atoms with E-state index in [1.165, 1.54) is 82.1 Å². The highest BCUT2D eigenvalue weighted by Gasteiger charge is 2.10. The zero-order chi connectivity index (χ0) is 26.8. The van der Waals surface area contributed by atoms with Gasteiger partial charge in [-0.05, 0) is 107 Å². The van der Waals surface area contributed by atoms with E-state index in [0.717, 1.165) is 0 Å². The van der Waals surface area contributed by atoms with Crippen LogP contribution in [0.5, 0.6) is 0 Å². The van der Waals surface area contributed by atoms with Crippen LogP contribution in [0.15, 0.2) is 97.1 Å². The summed E-state index contributed by atoms with van der Waals surface area (Å²) < 4.78 is 5.40. The Kier molecular flexibility index (Phi) is 5.78. The molecular formula is C36H24S4. The first-order valence-corrected chi connectivity index (χ1v) is 16.6. The van der Waals surface area contributed by atoms with Crippen molar-refractivity contribution >= 4 is 97.8 Å². The van der Waals surface area contributed by atoms with Crippen molar-refractivity contribution in [3.05, 3.63) is 118 Å². The van der Waals surface area contributed by atoms with E-state index >= 15 is 0 Å². The average Bonchev–Trinajstić information content (AvgIpc) is 3.73. The molecule has 0 atom stereocenters. The summed E-state index contributed by atoms with van der Waals surface area (Å²) in [6, 6.07) is 36.5. The molecule has 0 aliphatic carbocycles. The number of aryl methyl sites for hydroxylation is 2. The van der Waals surface area contributed by atoms with Crippen molar-refractivity contribution in [2.75, 3.05) is 0 Å². The van der Waals surface area contributed by atoms with Crippen LogP contribution in [0.2, 0.25) is 0 Å². The SMILES string of the molecule is Cc1ccc(-c2cc3cc4sc(/C=C/c5cc6cc7sc(-c8ccc(C)cc8)cc7cc6s5)cc4cc3s2)cc1. The standard InChI is InChI=1S/C36H24S4/c1-21-3-7-23(8-4-21)31-17-27-19-33-25(15-35(27)39-31)13-29(37-33)11-12-30-14-26-16-36-28(20-34(26)38-30)18-32(40-36)24-9-5-22(2)6-10-24/h3-20H,1-2H3/b12-11+. The zero-order valence-electron chi connectivity index (χ0n) is 22.0. The van der Waals surface area contributed by atoms with Gasteiger partial charge in [0.15, 0.2) is 0 Å². The van der Waals surface area contributed by atoms with Gasteiger partial charge in [0.25, 0.3) is 0 Å². The molecule has 40 heavy (non-hydrogen) atoms. The fraction of sp³-hybridized carbons (Fsp3) is 0.0556. The van der Waals surface area contributed by atoms with E-state index in [2.05, 4.69) is 123 Å². The van der Waals surface area contributed by atoms with E-state index in [9.17, 15) is 0 Å². The Bertz CT molecular complexity index is 1950. The van der Waals surface area contributed by atoms with E-state index in [1.807, 2.05) is 45.3 Å². The monoisotopic (exact) mass is 584 g/mol. The van der Waals surface area contributed by atoms with Crippen molar-refractivity contribution in [3.63, 3.8) is 0 Å². The predicted molar refractivity (Wildman–Crippen MR) is 184 cm³/mol. The molecule has 0 nitrogen and oxygen atoms in total. The van der Waals surface area contributed by atoms with Crippen molar-refractivity contribution in [1.29, 1.82) is 0 Å². The summed E-state index contributed by atoms with van der Waals surface area (Å²) in [6.45, 7) is 4.28. The molecule has 0 unspecified atom stereocenters. The summed E-state index contributed by atoms with van der Waals surface area (Å²) >= 11 is 7.51. The van der Waals surface area contributed by atoms with Gasteiger partial charge in [0.2, 0.25) is 0 Å². The van der Waals surface area contributed by atoms with Gasteiger partial charge in [-0.25, -0.2) is 0 Å². The molecule has 0 fully saturated rings. The maximum atomic E-state index is 2.36. The third-order valence-corrected chi connectivity index (χ3v) is 11.9.